The van der Waals surface area contributed by atoms with Crippen molar-refractivity contribution in [2.75, 3.05) is 11.3 Å². The van der Waals surface area contributed by atoms with Gasteiger partial charge in [-0.05, 0) is 55.1 Å². The Morgan fingerprint density at radius 2 is 1.88 bits per heavy atom. The van der Waals surface area contributed by atoms with Gasteiger partial charge in [0.2, 0.25) is 0 Å². The van der Waals surface area contributed by atoms with Crippen molar-refractivity contribution in [3.63, 3.8) is 0 Å². The molecule has 2 aromatic carbocycles. The molecular formula is C18H19N3O3S2. The highest BCUT2D eigenvalue weighted by Gasteiger charge is 2.17. The molecule has 0 atom stereocenters. The highest BCUT2D eigenvalue weighted by atomic mass is 32.2. The second-order valence-corrected chi connectivity index (χ2v) is 8.12. The summed E-state index contributed by atoms with van der Waals surface area (Å²) in [5.74, 6) is 0.636. The molecule has 136 valence electrons. The van der Waals surface area contributed by atoms with Gasteiger partial charge in [0.05, 0.1) is 17.2 Å². The van der Waals surface area contributed by atoms with Crippen LogP contribution in [0.3, 0.4) is 0 Å². The molecule has 0 saturated carbocycles. The van der Waals surface area contributed by atoms with E-state index in [-0.39, 0.29) is 4.90 Å². The van der Waals surface area contributed by atoms with E-state index >= 15 is 0 Å². The number of nitrogens with zero attached hydrogens (tertiary/aromatic N) is 2. The molecule has 6 nitrogen and oxygen atoms in total. The Hall–Kier alpha value is -2.45. The van der Waals surface area contributed by atoms with Crippen LogP contribution in [0, 0.1) is 0 Å². The molecule has 0 radical (unpaired) electrons. The summed E-state index contributed by atoms with van der Waals surface area (Å²) in [7, 11) is -1.81. The van der Waals surface area contributed by atoms with Crippen LogP contribution in [0.5, 0.6) is 5.75 Å². The minimum atomic E-state index is -3.70. The molecule has 1 N–H and O–H groups in total. The zero-order chi connectivity index (χ0) is 18.6. The average molecular weight is 390 g/mol. The lowest BCUT2D eigenvalue weighted by Gasteiger charge is -2.12. The Balaban J connectivity index is 1.84. The first-order valence-electron chi connectivity index (χ1n) is 7.99. The Labute approximate surface area is 157 Å². The number of rotatable bonds is 7. The topological polar surface area (TPSA) is 73.2 Å². The van der Waals surface area contributed by atoms with Crippen LogP contribution in [-0.4, -0.2) is 24.6 Å². The van der Waals surface area contributed by atoms with Crippen LogP contribution >= 0.6 is 11.8 Å². The predicted molar refractivity (Wildman–Crippen MR) is 102 cm³/mol. The number of aromatic nitrogens is 2. The fourth-order valence-electron chi connectivity index (χ4n) is 2.27. The van der Waals surface area contributed by atoms with Crippen molar-refractivity contribution in [1.29, 1.82) is 0 Å². The van der Waals surface area contributed by atoms with Crippen molar-refractivity contribution in [1.82, 2.24) is 9.55 Å². The van der Waals surface area contributed by atoms with Gasteiger partial charge in [0.15, 0.2) is 5.16 Å². The number of para-hydroxylation sites is 1. The van der Waals surface area contributed by atoms with Crippen molar-refractivity contribution in [3.8, 4) is 5.75 Å². The average Bonchev–Trinajstić information content (AvgIpc) is 3.02. The van der Waals surface area contributed by atoms with Crippen LogP contribution in [-0.2, 0) is 17.1 Å². The number of nitrogens with one attached hydrogen (secondary N) is 1. The number of sulfonamides is 1. The lowest BCUT2D eigenvalue weighted by Crippen LogP contribution is -2.13. The van der Waals surface area contributed by atoms with Crippen LogP contribution in [0.1, 0.15) is 6.92 Å². The summed E-state index contributed by atoms with van der Waals surface area (Å²) in [6.45, 7) is 2.41. The van der Waals surface area contributed by atoms with Gasteiger partial charge in [0.25, 0.3) is 10.0 Å². The standard InChI is InChI=1S/C18H19N3O3S2/c1-3-24-14-8-10-15(11-9-14)26(22,23)20-16-6-4-5-7-17(16)25-18-19-12-13-21(18)2/h4-13,20H,3H2,1-2H3. The maximum Gasteiger partial charge on any atom is 0.261 e. The molecule has 1 heterocycles. The number of aryl methyl sites for hydroxylation is 1. The van der Waals surface area contributed by atoms with E-state index < -0.39 is 10.0 Å². The number of imidazole rings is 1. The molecule has 0 bridgehead atoms. The summed E-state index contributed by atoms with van der Waals surface area (Å²) < 4.78 is 35.3. The van der Waals surface area contributed by atoms with Gasteiger partial charge in [-0.25, -0.2) is 13.4 Å². The lowest BCUT2D eigenvalue weighted by atomic mass is 10.3. The maximum atomic E-state index is 12.7. The van der Waals surface area contributed by atoms with Crippen molar-refractivity contribution in [2.45, 2.75) is 21.9 Å². The Morgan fingerprint density at radius 1 is 1.15 bits per heavy atom. The van der Waals surface area contributed by atoms with Gasteiger partial charge in [0.1, 0.15) is 5.75 Å². The minimum Gasteiger partial charge on any atom is -0.494 e. The summed E-state index contributed by atoms with van der Waals surface area (Å²) >= 11 is 1.40. The predicted octanol–water partition coefficient (Wildman–Crippen LogP) is 3.77. The second kappa shape index (κ2) is 7.84. The first-order valence-corrected chi connectivity index (χ1v) is 10.3. The molecule has 0 aliphatic carbocycles. The third kappa shape index (κ3) is 4.20. The Bertz CT molecular complexity index is 983. The molecule has 26 heavy (non-hydrogen) atoms. The Kier molecular flexibility index (Phi) is 5.53. The van der Waals surface area contributed by atoms with Crippen molar-refractivity contribution in [3.05, 3.63) is 60.9 Å². The fourth-order valence-corrected chi connectivity index (χ4v) is 4.31. The molecule has 0 saturated heterocycles. The molecule has 3 aromatic rings. The SMILES string of the molecule is CCOc1ccc(S(=O)(=O)Nc2ccccc2Sc2nccn2C)cc1. The zero-order valence-corrected chi connectivity index (χ0v) is 16.0. The molecule has 0 fully saturated rings. The van der Waals surface area contributed by atoms with Crippen LogP contribution in [0.2, 0.25) is 0 Å². The second-order valence-electron chi connectivity index (χ2n) is 5.43. The van der Waals surface area contributed by atoms with E-state index in [1.807, 2.05) is 36.9 Å². The molecule has 0 unspecified atom stereocenters. The zero-order valence-electron chi connectivity index (χ0n) is 14.4. The number of hydrogen-bond acceptors (Lipinski definition) is 5. The normalized spacial score (nSPS) is 11.3. The van der Waals surface area contributed by atoms with Crippen LogP contribution in [0.15, 0.2) is 75.9 Å². The van der Waals surface area contributed by atoms with Crippen LogP contribution in [0.4, 0.5) is 5.69 Å². The molecule has 3 rings (SSSR count). The molecule has 0 amide bonds. The van der Waals surface area contributed by atoms with E-state index in [1.54, 1.807) is 30.5 Å². The highest BCUT2D eigenvalue weighted by molar-refractivity contribution is 7.99. The van der Waals surface area contributed by atoms with E-state index in [9.17, 15) is 8.42 Å². The third-order valence-corrected chi connectivity index (χ3v) is 6.09. The summed E-state index contributed by atoms with van der Waals surface area (Å²) in [6, 6.07) is 13.6. The number of benzene rings is 2. The first kappa shape index (κ1) is 18.3. The van der Waals surface area contributed by atoms with E-state index in [0.29, 0.717) is 18.0 Å². The quantitative estimate of drug-likeness (QED) is 0.666. The van der Waals surface area contributed by atoms with Gasteiger partial charge in [-0.2, -0.15) is 0 Å². The molecule has 0 aliphatic heterocycles. The highest BCUT2D eigenvalue weighted by Crippen LogP contribution is 2.33. The lowest BCUT2D eigenvalue weighted by molar-refractivity contribution is 0.340. The number of hydrogen-bond donors (Lipinski definition) is 1. The summed E-state index contributed by atoms with van der Waals surface area (Å²) in [5.41, 5.74) is 0.509. The summed E-state index contributed by atoms with van der Waals surface area (Å²) in [6.07, 6.45) is 3.55. The fraction of sp³-hybridized carbons (Fsp3) is 0.167. The van der Waals surface area contributed by atoms with Gasteiger partial charge >= 0.3 is 0 Å². The third-order valence-electron chi connectivity index (χ3n) is 3.55. The first-order chi connectivity index (χ1) is 12.5. The van der Waals surface area contributed by atoms with E-state index in [2.05, 4.69) is 9.71 Å². The van der Waals surface area contributed by atoms with Gasteiger partial charge in [0, 0.05) is 24.3 Å². The molecule has 8 heteroatoms. The van der Waals surface area contributed by atoms with Crippen LogP contribution < -0.4 is 9.46 Å². The van der Waals surface area contributed by atoms with E-state index in [4.69, 9.17) is 4.74 Å². The minimum absolute atomic E-state index is 0.178. The Morgan fingerprint density at radius 3 is 2.54 bits per heavy atom. The van der Waals surface area contributed by atoms with E-state index in [0.717, 1.165) is 10.1 Å². The number of anilines is 1. The molecular weight excluding hydrogens is 370 g/mol. The number of ether oxygens (including phenoxy) is 1. The van der Waals surface area contributed by atoms with Crippen molar-refractivity contribution < 1.29 is 13.2 Å². The van der Waals surface area contributed by atoms with Crippen molar-refractivity contribution in [2.24, 2.45) is 7.05 Å². The van der Waals surface area contributed by atoms with Gasteiger partial charge < -0.3 is 9.30 Å². The van der Waals surface area contributed by atoms with Gasteiger partial charge in [-0.1, -0.05) is 12.1 Å². The largest absolute Gasteiger partial charge is 0.494 e. The van der Waals surface area contributed by atoms with Gasteiger partial charge in [-0.3, -0.25) is 4.72 Å². The monoisotopic (exact) mass is 389 g/mol. The summed E-state index contributed by atoms with van der Waals surface area (Å²) in [5, 5.41) is 0.776. The molecule has 0 aliphatic rings. The summed E-state index contributed by atoms with van der Waals surface area (Å²) in [4.78, 5) is 5.22. The van der Waals surface area contributed by atoms with Crippen molar-refractivity contribution >= 4 is 27.5 Å². The van der Waals surface area contributed by atoms with E-state index in [1.165, 1.54) is 23.9 Å². The van der Waals surface area contributed by atoms with Crippen LogP contribution in [0.25, 0.3) is 0 Å². The maximum absolute atomic E-state index is 12.7. The van der Waals surface area contributed by atoms with Gasteiger partial charge in [-0.15, -0.1) is 0 Å². The molecule has 1 aromatic heterocycles. The molecule has 0 spiro atoms. The smallest absolute Gasteiger partial charge is 0.261 e.